The second-order valence-electron chi connectivity index (χ2n) is 4.72. The Balaban J connectivity index is 2.85. The molecule has 0 aromatic rings. The number of unbranched alkanes of at least 4 members (excludes halogenated alkanes) is 7. The van der Waals surface area contributed by atoms with Crippen LogP contribution in [0.2, 0.25) is 0 Å². The Morgan fingerprint density at radius 3 is 1.76 bits per heavy atom. The highest BCUT2D eigenvalue weighted by Gasteiger charge is 1.92. The van der Waals surface area contributed by atoms with E-state index in [1.807, 2.05) is 0 Å². The van der Waals surface area contributed by atoms with E-state index < -0.39 is 0 Å². The van der Waals surface area contributed by atoms with Crippen LogP contribution in [0.5, 0.6) is 0 Å². The van der Waals surface area contributed by atoms with Crippen LogP contribution < -0.4 is 16.4 Å². The first-order valence-corrected chi connectivity index (χ1v) is 7.53. The lowest BCUT2D eigenvalue weighted by Gasteiger charge is -2.05. The summed E-state index contributed by atoms with van der Waals surface area (Å²) >= 11 is 0. The molecule has 0 saturated heterocycles. The molecule has 17 heavy (non-hydrogen) atoms. The lowest BCUT2D eigenvalue weighted by atomic mass is 10.1. The molecule has 0 radical (unpaired) electrons. The van der Waals surface area contributed by atoms with Crippen LogP contribution >= 0.6 is 0 Å². The van der Waals surface area contributed by atoms with Gasteiger partial charge in [-0.1, -0.05) is 45.4 Å². The maximum absolute atomic E-state index is 5.46. The molecule has 4 N–H and O–H groups in total. The molecule has 0 aromatic carbocycles. The third-order valence-corrected chi connectivity index (χ3v) is 3.04. The fourth-order valence-electron chi connectivity index (χ4n) is 1.93. The van der Waals surface area contributed by atoms with Gasteiger partial charge >= 0.3 is 0 Å². The summed E-state index contributed by atoms with van der Waals surface area (Å²) in [5.41, 5.74) is 5.46. The molecule has 0 heterocycles. The number of nitrogens with one attached hydrogen (secondary N) is 2. The van der Waals surface area contributed by atoms with Gasteiger partial charge in [0.2, 0.25) is 0 Å². The Bertz CT molecular complexity index is 115. The second-order valence-corrected chi connectivity index (χ2v) is 4.72. The van der Waals surface area contributed by atoms with Crippen molar-refractivity contribution in [2.45, 2.75) is 58.3 Å². The van der Waals surface area contributed by atoms with Gasteiger partial charge in [-0.3, -0.25) is 0 Å². The Kier molecular flexibility index (Phi) is 15.8. The van der Waals surface area contributed by atoms with Gasteiger partial charge in [-0.05, 0) is 32.5 Å². The molecular weight excluding hydrogens is 210 g/mol. The molecule has 0 rings (SSSR count). The SMILES string of the molecule is CCNCCNCCCCCCCCCCN. The van der Waals surface area contributed by atoms with Gasteiger partial charge in [-0.25, -0.2) is 0 Å². The molecule has 3 nitrogen and oxygen atoms in total. The highest BCUT2D eigenvalue weighted by atomic mass is 14.9. The fourth-order valence-corrected chi connectivity index (χ4v) is 1.93. The van der Waals surface area contributed by atoms with Crippen LogP contribution in [0, 0.1) is 0 Å². The van der Waals surface area contributed by atoms with E-state index in [2.05, 4.69) is 17.6 Å². The van der Waals surface area contributed by atoms with Gasteiger partial charge in [-0.2, -0.15) is 0 Å². The highest BCUT2D eigenvalue weighted by Crippen LogP contribution is 2.07. The average molecular weight is 243 g/mol. The van der Waals surface area contributed by atoms with E-state index in [1.165, 1.54) is 57.9 Å². The van der Waals surface area contributed by atoms with Crippen LogP contribution in [0.3, 0.4) is 0 Å². The van der Waals surface area contributed by atoms with E-state index in [0.717, 1.165) is 26.2 Å². The van der Waals surface area contributed by atoms with Crippen molar-refractivity contribution in [3.8, 4) is 0 Å². The second kappa shape index (κ2) is 15.9. The molecule has 0 saturated carbocycles. The first-order chi connectivity index (χ1) is 8.41. The van der Waals surface area contributed by atoms with Crippen molar-refractivity contribution in [1.82, 2.24) is 10.6 Å². The minimum atomic E-state index is 0.860. The summed E-state index contributed by atoms with van der Waals surface area (Å²) in [7, 11) is 0. The van der Waals surface area contributed by atoms with Gasteiger partial charge in [0.1, 0.15) is 0 Å². The van der Waals surface area contributed by atoms with Gasteiger partial charge in [0.05, 0.1) is 0 Å². The number of hydrogen-bond donors (Lipinski definition) is 3. The molecule has 0 amide bonds. The van der Waals surface area contributed by atoms with Gasteiger partial charge in [0.15, 0.2) is 0 Å². The molecule has 0 aromatic heterocycles. The normalized spacial score (nSPS) is 10.9. The molecule has 0 aliphatic carbocycles. The standard InChI is InChI=1S/C14H33N3/c1-2-16-13-14-17-12-10-8-6-4-3-5-7-9-11-15/h16-17H,2-15H2,1H3. The Morgan fingerprint density at radius 2 is 1.18 bits per heavy atom. The van der Waals surface area contributed by atoms with Crippen molar-refractivity contribution >= 4 is 0 Å². The predicted octanol–water partition coefficient (Wildman–Crippen LogP) is 2.26. The molecule has 0 unspecified atom stereocenters. The van der Waals surface area contributed by atoms with E-state index >= 15 is 0 Å². The third-order valence-electron chi connectivity index (χ3n) is 3.04. The lowest BCUT2D eigenvalue weighted by molar-refractivity contribution is 0.546. The first kappa shape index (κ1) is 16.9. The highest BCUT2D eigenvalue weighted by molar-refractivity contribution is 4.52. The minimum Gasteiger partial charge on any atom is -0.330 e. The van der Waals surface area contributed by atoms with Crippen molar-refractivity contribution in [3.05, 3.63) is 0 Å². The quantitative estimate of drug-likeness (QED) is 0.410. The van der Waals surface area contributed by atoms with Gasteiger partial charge in [-0.15, -0.1) is 0 Å². The lowest BCUT2D eigenvalue weighted by Crippen LogP contribution is -2.27. The average Bonchev–Trinajstić information content (AvgIpc) is 2.35. The van der Waals surface area contributed by atoms with Crippen LogP contribution in [-0.4, -0.2) is 32.7 Å². The predicted molar refractivity (Wildman–Crippen MR) is 77.4 cm³/mol. The van der Waals surface area contributed by atoms with E-state index in [1.54, 1.807) is 0 Å². The number of rotatable bonds is 14. The molecule has 0 atom stereocenters. The monoisotopic (exact) mass is 243 g/mol. The summed E-state index contributed by atoms with van der Waals surface area (Å²) in [5.74, 6) is 0. The molecule has 0 aliphatic rings. The van der Waals surface area contributed by atoms with E-state index in [-0.39, 0.29) is 0 Å². The van der Waals surface area contributed by atoms with Gasteiger partial charge < -0.3 is 16.4 Å². The summed E-state index contributed by atoms with van der Waals surface area (Å²) in [5, 5.41) is 6.78. The molecule has 0 aliphatic heterocycles. The summed E-state index contributed by atoms with van der Waals surface area (Å²) in [6, 6.07) is 0. The molecule has 3 heteroatoms. The van der Waals surface area contributed by atoms with Crippen molar-refractivity contribution < 1.29 is 0 Å². The van der Waals surface area contributed by atoms with E-state index in [4.69, 9.17) is 5.73 Å². The number of nitrogens with two attached hydrogens (primary N) is 1. The van der Waals surface area contributed by atoms with Crippen molar-refractivity contribution in [1.29, 1.82) is 0 Å². The molecule has 0 fully saturated rings. The summed E-state index contributed by atoms with van der Waals surface area (Å²) in [6.45, 7) is 7.46. The van der Waals surface area contributed by atoms with Crippen molar-refractivity contribution in [3.63, 3.8) is 0 Å². The van der Waals surface area contributed by atoms with Crippen molar-refractivity contribution in [2.24, 2.45) is 5.73 Å². The Labute approximate surface area is 108 Å². The van der Waals surface area contributed by atoms with E-state index in [9.17, 15) is 0 Å². The van der Waals surface area contributed by atoms with Crippen LogP contribution in [0.1, 0.15) is 58.3 Å². The first-order valence-electron chi connectivity index (χ1n) is 7.53. The summed E-state index contributed by atoms with van der Waals surface area (Å²) < 4.78 is 0. The maximum Gasteiger partial charge on any atom is 0.00767 e. The smallest absolute Gasteiger partial charge is 0.00767 e. The largest absolute Gasteiger partial charge is 0.330 e. The van der Waals surface area contributed by atoms with Crippen LogP contribution in [0.25, 0.3) is 0 Å². The Hall–Kier alpha value is -0.120. The Morgan fingerprint density at radius 1 is 0.647 bits per heavy atom. The number of hydrogen-bond acceptors (Lipinski definition) is 3. The van der Waals surface area contributed by atoms with E-state index in [0.29, 0.717) is 0 Å². The fraction of sp³-hybridized carbons (Fsp3) is 1.00. The van der Waals surface area contributed by atoms with Crippen molar-refractivity contribution in [2.75, 3.05) is 32.7 Å². The maximum atomic E-state index is 5.46. The minimum absolute atomic E-state index is 0.860. The van der Waals surface area contributed by atoms with Crippen LogP contribution in [0.15, 0.2) is 0 Å². The van der Waals surface area contributed by atoms with Crippen LogP contribution in [0.4, 0.5) is 0 Å². The summed E-state index contributed by atoms with van der Waals surface area (Å²) in [4.78, 5) is 0. The zero-order valence-corrected chi connectivity index (χ0v) is 11.8. The molecule has 0 spiro atoms. The molecule has 104 valence electrons. The summed E-state index contributed by atoms with van der Waals surface area (Å²) in [6.07, 6.45) is 10.8. The zero-order chi connectivity index (χ0) is 12.6. The van der Waals surface area contributed by atoms with Gasteiger partial charge in [0.25, 0.3) is 0 Å². The topological polar surface area (TPSA) is 50.1 Å². The van der Waals surface area contributed by atoms with Crippen LogP contribution in [-0.2, 0) is 0 Å². The zero-order valence-electron chi connectivity index (χ0n) is 11.8. The number of likely N-dealkylation sites (N-methyl/N-ethyl adjacent to an activating group) is 1. The molecule has 0 bridgehead atoms. The third kappa shape index (κ3) is 15.9. The van der Waals surface area contributed by atoms with Gasteiger partial charge in [0, 0.05) is 13.1 Å². The molecular formula is C14H33N3.